The van der Waals surface area contributed by atoms with Gasteiger partial charge in [0, 0.05) is 17.5 Å². The molecule has 2 aromatic heterocycles. The fourth-order valence-electron chi connectivity index (χ4n) is 3.25. The molecule has 0 spiro atoms. The number of rotatable bonds is 6. The third-order valence-electron chi connectivity index (χ3n) is 4.77. The third-order valence-corrected chi connectivity index (χ3v) is 5.96. The van der Waals surface area contributed by atoms with Gasteiger partial charge in [0.05, 0.1) is 18.0 Å². The fourth-order valence-corrected chi connectivity index (χ4v) is 4.40. The molecule has 0 radical (unpaired) electrons. The normalized spacial score (nSPS) is 12.2. The quantitative estimate of drug-likeness (QED) is 0.666. The van der Waals surface area contributed by atoms with Crippen LogP contribution in [-0.4, -0.2) is 23.0 Å². The van der Waals surface area contributed by atoms with E-state index < -0.39 is 0 Å². The molecule has 0 saturated heterocycles. The number of methoxy groups -OCH3 is 1. The molecule has 2 heterocycles. The summed E-state index contributed by atoms with van der Waals surface area (Å²) in [6.45, 7) is 8.06. The van der Waals surface area contributed by atoms with Crippen molar-refractivity contribution in [3.05, 3.63) is 51.8 Å². The number of fused-ring (bicyclic) bond motifs is 1. The van der Waals surface area contributed by atoms with Crippen molar-refractivity contribution < 1.29 is 9.53 Å². The van der Waals surface area contributed by atoms with E-state index in [2.05, 4.69) is 22.2 Å². The molecule has 0 unspecified atom stereocenters. The molecular formula is C21H25N3O2S. The lowest BCUT2D eigenvalue weighted by molar-refractivity contribution is 0.0939. The lowest BCUT2D eigenvalue weighted by Gasteiger charge is -2.17. The van der Waals surface area contributed by atoms with E-state index in [4.69, 9.17) is 4.74 Å². The van der Waals surface area contributed by atoms with Gasteiger partial charge in [-0.3, -0.25) is 4.79 Å². The summed E-state index contributed by atoms with van der Waals surface area (Å²) < 4.78 is 5.21. The van der Waals surface area contributed by atoms with Crippen molar-refractivity contribution >= 4 is 27.5 Å². The van der Waals surface area contributed by atoms with Crippen molar-refractivity contribution in [1.82, 2.24) is 15.3 Å². The average Bonchev–Trinajstić information content (AvgIpc) is 3.03. The van der Waals surface area contributed by atoms with Gasteiger partial charge in [-0.25, -0.2) is 9.97 Å². The molecule has 0 aliphatic rings. The van der Waals surface area contributed by atoms with E-state index in [-0.39, 0.29) is 11.9 Å². The molecule has 0 bridgehead atoms. The number of benzene rings is 1. The van der Waals surface area contributed by atoms with Gasteiger partial charge in [-0.1, -0.05) is 26.0 Å². The van der Waals surface area contributed by atoms with Crippen LogP contribution in [0.1, 0.15) is 58.6 Å². The van der Waals surface area contributed by atoms with Crippen LogP contribution < -0.4 is 10.1 Å². The molecule has 1 amide bonds. The summed E-state index contributed by atoms with van der Waals surface area (Å²) in [6.07, 6.45) is 1.59. The standard InChI is InChI=1S/C21H25N3O2S/c1-6-16(14-8-10-15(26-5)11-9-14)23-20(25)19-12(3)18-13(4)22-17(7-2)24-21(18)27-19/h8-11,16H,6-7H2,1-5H3,(H,23,25)/t16-/m1/s1. The van der Waals surface area contributed by atoms with E-state index >= 15 is 0 Å². The second-order valence-electron chi connectivity index (χ2n) is 6.52. The number of carbonyl (C=O) groups excluding carboxylic acids is 1. The zero-order chi connectivity index (χ0) is 19.6. The summed E-state index contributed by atoms with van der Waals surface area (Å²) in [5, 5.41) is 4.17. The lowest BCUT2D eigenvalue weighted by Crippen LogP contribution is -2.27. The predicted molar refractivity (Wildman–Crippen MR) is 110 cm³/mol. The summed E-state index contributed by atoms with van der Waals surface area (Å²) >= 11 is 1.45. The minimum Gasteiger partial charge on any atom is -0.497 e. The summed E-state index contributed by atoms with van der Waals surface area (Å²) in [7, 11) is 1.65. The highest BCUT2D eigenvalue weighted by molar-refractivity contribution is 7.20. The van der Waals surface area contributed by atoms with Crippen molar-refractivity contribution in [2.75, 3.05) is 7.11 Å². The number of thiophene rings is 1. The smallest absolute Gasteiger partial charge is 0.262 e. The van der Waals surface area contributed by atoms with Crippen LogP contribution in [0.25, 0.3) is 10.2 Å². The van der Waals surface area contributed by atoms with Crippen LogP contribution in [0.5, 0.6) is 5.75 Å². The molecule has 27 heavy (non-hydrogen) atoms. The van der Waals surface area contributed by atoms with Crippen LogP contribution >= 0.6 is 11.3 Å². The molecule has 0 saturated carbocycles. The Balaban J connectivity index is 1.90. The zero-order valence-corrected chi connectivity index (χ0v) is 17.2. The second-order valence-corrected chi connectivity index (χ2v) is 7.52. The molecule has 1 aromatic carbocycles. The Kier molecular flexibility index (Phi) is 5.75. The largest absolute Gasteiger partial charge is 0.497 e. The van der Waals surface area contributed by atoms with Crippen LogP contribution in [-0.2, 0) is 6.42 Å². The molecule has 1 atom stereocenters. The minimum absolute atomic E-state index is 0.0496. The SMILES string of the molecule is CCc1nc(C)c2c(C)c(C(=O)N[C@H](CC)c3ccc(OC)cc3)sc2n1. The van der Waals surface area contributed by atoms with Crippen molar-refractivity contribution in [3.63, 3.8) is 0 Å². The van der Waals surface area contributed by atoms with Crippen LogP contribution in [0.2, 0.25) is 0 Å². The molecule has 142 valence electrons. The molecule has 1 N–H and O–H groups in total. The van der Waals surface area contributed by atoms with Crippen molar-refractivity contribution in [1.29, 1.82) is 0 Å². The van der Waals surface area contributed by atoms with Crippen LogP contribution in [0.15, 0.2) is 24.3 Å². The Bertz CT molecular complexity index is 964. The van der Waals surface area contributed by atoms with Gasteiger partial charge in [0.2, 0.25) is 0 Å². The van der Waals surface area contributed by atoms with Gasteiger partial charge in [0.25, 0.3) is 5.91 Å². The molecular weight excluding hydrogens is 358 g/mol. The van der Waals surface area contributed by atoms with Crippen LogP contribution in [0.3, 0.4) is 0 Å². The van der Waals surface area contributed by atoms with Gasteiger partial charge in [-0.05, 0) is 43.5 Å². The van der Waals surface area contributed by atoms with E-state index in [9.17, 15) is 4.79 Å². The number of hydrogen-bond donors (Lipinski definition) is 1. The molecule has 5 nitrogen and oxygen atoms in total. The second kappa shape index (κ2) is 8.05. The average molecular weight is 384 g/mol. The highest BCUT2D eigenvalue weighted by Gasteiger charge is 2.21. The first-order chi connectivity index (χ1) is 13.0. The first-order valence-corrected chi connectivity index (χ1v) is 10.0. The number of nitrogens with one attached hydrogen (secondary N) is 1. The van der Waals surface area contributed by atoms with Gasteiger partial charge >= 0.3 is 0 Å². The Morgan fingerprint density at radius 1 is 1.19 bits per heavy atom. The highest BCUT2D eigenvalue weighted by Crippen LogP contribution is 2.32. The number of carbonyl (C=O) groups is 1. The number of nitrogens with zero attached hydrogens (tertiary/aromatic N) is 2. The summed E-state index contributed by atoms with van der Waals surface area (Å²) in [6, 6.07) is 7.77. The molecule has 3 rings (SSSR count). The van der Waals surface area contributed by atoms with E-state index in [1.54, 1.807) is 7.11 Å². The Morgan fingerprint density at radius 2 is 1.89 bits per heavy atom. The molecule has 6 heteroatoms. The number of aryl methyl sites for hydroxylation is 3. The Hall–Kier alpha value is -2.47. The monoisotopic (exact) mass is 383 g/mol. The molecule has 0 aliphatic heterocycles. The number of hydrogen-bond acceptors (Lipinski definition) is 5. The molecule has 3 aromatic rings. The fraction of sp³-hybridized carbons (Fsp3) is 0.381. The number of ether oxygens (including phenoxy) is 1. The highest BCUT2D eigenvalue weighted by atomic mass is 32.1. The maximum absolute atomic E-state index is 13.0. The predicted octanol–water partition coefficient (Wildman–Crippen LogP) is 4.76. The Labute approximate surface area is 163 Å². The van der Waals surface area contributed by atoms with Crippen molar-refractivity contribution in [2.24, 2.45) is 0 Å². The van der Waals surface area contributed by atoms with Gasteiger partial charge in [0.15, 0.2) is 0 Å². The van der Waals surface area contributed by atoms with Crippen molar-refractivity contribution in [2.45, 2.75) is 46.6 Å². The third kappa shape index (κ3) is 3.81. The summed E-state index contributed by atoms with van der Waals surface area (Å²) in [4.78, 5) is 23.7. The van der Waals surface area contributed by atoms with E-state index in [0.717, 1.165) is 51.5 Å². The van der Waals surface area contributed by atoms with E-state index in [1.165, 1.54) is 11.3 Å². The minimum atomic E-state index is -0.0596. The first kappa shape index (κ1) is 19.3. The number of aromatic nitrogens is 2. The maximum Gasteiger partial charge on any atom is 0.262 e. The van der Waals surface area contributed by atoms with Gasteiger partial charge in [-0.2, -0.15) is 0 Å². The molecule has 0 fully saturated rings. The first-order valence-electron chi connectivity index (χ1n) is 9.19. The van der Waals surface area contributed by atoms with Gasteiger partial charge < -0.3 is 10.1 Å². The van der Waals surface area contributed by atoms with Crippen LogP contribution in [0, 0.1) is 13.8 Å². The Morgan fingerprint density at radius 3 is 2.48 bits per heavy atom. The van der Waals surface area contributed by atoms with Crippen molar-refractivity contribution in [3.8, 4) is 5.75 Å². The van der Waals surface area contributed by atoms with Gasteiger partial charge in [-0.15, -0.1) is 11.3 Å². The van der Waals surface area contributed by atoms with E-state index in [0.29, 0.717) is 4.88 Å². The zero-order valence-electron chi connectivity index (χ0n) is 16.4. The topological polar surface area (TPSA) is 64.1 Å². The maximum atomic E-state index is 13.0. The summed E-state index contributed by atoms with van der Waals surface area (Å²) in [5.74, 6) is 1.56. The molecule has 0 aliphatic carbocycles. The van der Waals surface area contributed by atoms with Gasteiger partial charge in [0.1, 0.15) is 16.4 Å². The lowest BCUT2D eigenvalue weighted by atomic mass is 10.0. The van der Waals surface area contributed by atoms with Crippen LogP contribution in [0.4, 0.5) is 0 Å². The number of amides is 1. The van der Waals surface area contributed by atoms with E-state index in [1.807, 2.05) is 45.0 Å². The summed E-state index contributed by atoms with van der Waals surface area (Å²) in [5.41, 5.74) is 2.96.